The Morgan fingerprint density at radius 1 is 1.46 bits per heavy atom. The molecule has 72 valence electrons. The molecule has 0 aromatic carbocycles. The van der Waals surface area contributed by atoms with Crippen molar-refractivity contribution in [3.05, 3.63) is 21.3 Å². The third kappa shape index (κ3) is 2.06. The molecule has 1 aromatic rings. The number of thiophene rings is 1. The molecule has 2 N–H and O–H groups in total. The first-order chi connectivity index (χ1) is 6.27. The number of hydrogen-bond donors (Lipinski definition) is 1. The zero-order valence-electron chi connectivity index (χ0n) is 7.50. The number of rotatable bonds is 1. The second kappa shape index (κ2) is 3.99. The van der Waals surface area contributed by atoms with Gasteiger partial charge in [-0.15, -0.1) is 11.3 Å². The minimum atomic E-state index is 0.386. The predicted molar refractivity (Wildman–Crippen MR) is 58.5 cm³/mol. The van der Waals surface area contributed by atoms with Crippen LogP contribution in [0.3, 0.4) is 0 Å². The van der Waals surface area contributed by atoms with Crippen molar-refractivity contribution < 1.29 is 0 Å². The zero-order chi connectivity index (χ0) is 9.26. The summed E-state index contributed by atoms with van der Waals surface area (Å²) in [6.45, 7) is 0. The molecular weight excluding hydrogens is 202 g/mol. The van der Waals surface area contributed by atoms with Crippen molar-refractivity contribution in [3.63, 3.8) is 0 Å². The lowest BCUT2D eigenvalue weighted by Crippen LogP contribution is -2.26. The molecule has 1 fully saturated rings. The largest absolute Gasteiger partial charge is 0.328 e. The van der Waals surface area contributed by atoms with E-state index in [0.29, 0.717) is 12.0 Å². The van der Waals surface area contributed by atoms with E-state index in [4.69, 9.17) is 17.3 Å². The summed E-state index contributed by atoms with van der Waals surface area (Å²) in [6.07, 6.45) is 4.80. The van der Waals surface area contributed by atoms with Gasteiger partial charge in [-0.05, 0) is 36.6 Å². The highest BCUT2D eigenvalue weighted by atomic mass is 35.5. The average molecular weight is 216 g/mol. The summed E-state index contributed by atoms with van der Waals surface area (Å²) < 4.78 is 0. The number of halogens is 1. The highest BCUT2D eigenvalue weighted by Crippen LogP contribution is 2.38. The van der Waals surface area contributed by atoms with Crippen LogP contribution in [-0.4, -0.2) is 6.04 Å². The van der Waals surface area contributed by atoms with Gasteiger partial charge in [0.15, 0.2) is 0 Å². The average Bonchev–Trinajstić information content (AvgIpc) is 2.51. The Hall–Kier alpha value is -0.0500. The maximum atomic E-state index is 6.09. The van der Waals surface area contributed by atoms with Crippen LogP contribution in [0.15, 0.2) is 11.4 Å². The van der Waals surface area contributed by atoms with E-state index < -0.39 is 0 Å². The third-order valence-electron chi connectivity index (χ3n) is 2.73. The van der Waals surface area contributed by atoms with Crippen molar-refractivity contribution in [2.24, 2.45) is 5.73 Å². The molecule has 0 bridgehead atoms. The van der Waals surface area contributed by atoms with Crippen molar-refractivity contribution in [1.29, 1.82) is 0 Å². The SMILES string of the molecule is NC1CCCC(c2sccc2Cl)C1. The smallest absolute Gasteiger partial charge is 0.0547 e. The first-order valence-electron chi connectivity index (χ1n) is 4.76. The van der Waals surface area contributed by atoms with Crippen LogP contribution < -0.4 is 5.73 Å². The molecule has 3 heteroatoms. The summed E-state index contributed by atoms with van der Waals surface area (Å²) in [5.74, 6) is 0.622. The Balaban J connectivity index is 2.12. The maximum absolute atomic E-state index is 6.09. The van der Waals surface area contributed by atoms with Gasteiger partial charge in [0.25, 0.3) is 0 Å². The summed E-state index contributed by atoms with van der Waals surface area (Å²) in [4.78, 5) is 1.34. The molecule has 0 amide bonds. The van der Waals surface area contributed by atoms with Gasteiger partial charge in [0.2, 0.25) is 0 Å². The van der Waals surface area contributed by atoms with Crippen LogP contribution >= 0.6 is 22.9 Å². The molecule has 13 heavy (non-hydrogen) atoms. The van der Waals surface area contributed by atoms with Crippen molar-refractivity contribution in [2.45, 2.75) is 37.6 Å². The van der Waals surface area contributed by atoms with Crippen LogP contribution in [0.5, 0.6) is 0 Å². The minimum absolute atomic E-state index is 0.386. The molecule has 0 radical (unpaired) electrons. The fourth-order valence-electron chi connectivity index (χ4n) is 2.06. The summed E-state index contributed by atoms with van der Waals surface area (Å²) in [5.41, 5.74) is 5.94. The zero-order valence-corrected chi connectivity index (χ0v) is 9.07. The predicted octanol–water partition coefficient (Wildman–Crippen LogP) is 3.39. The first kappa shape index (κ1) is 9.50. The van der Waals surface area contributed by atoms with Gasteiger partial charge in [0.05, 0.1) is 5.02 Å². The Labute approximate surface area is 87.9 Å². The lowest BCUT2D eigenvalue weighted by atomic mass is 9.85. The summed E-state index contributed by atoms with van der Waals surface area (Å²) >= 11 is 7.86. The molecule has 2 unspecified atom stereocenters. The van der Waals surface area contributed by atoms with Gasteiger partial charge in [-0.3, -0.25) is 0 Å². The Bertz CT molecular complexity index is 284. The van der Waals surface area contributed by atoms with Crippen molar-refractivity contribution in [1.82, 2.24) is 0 Å². The molecule has 1 aromatic heterocycles. The second-order valence-corrected chi connectivity index (χ2v) is 5.11. The van der Waals surface area contributed by atoms with Crippen LogP contribution in [0.1, 0.15) is 36.5 Å². The van der Waals surface area contributed by atoms with Crippen LogP contribution in [0.25, 0.3) is 0 Å². The molecule has 0 spiro atoms. The molecule has 1 heterocycles. The van der Waals surface area contributed by atoms with Gasteiger partial charge in [-0.2, -0.15) is 0 Å². The first-order valence-corrected chi connectivity index (χ1v) is 6.01. The molecule has 1 aliphatic carbocycles. The summed E-state index contributed by atoms with van der Waals surface area (Å²) in [7, 11) is 0. The third-order valence-corrected chi connectivity index (χ3v) is 4.25. The van der Waals surface area contributed by atoms with Crippen molar-refractivity contribution in [3.8, 4) is 0 Å². The quantitative estimate of drug-likeness (QED) is 0.764. The van der Waals surface area contributed by atoms with E-state index in [1.165, 1.54) is 24.1 Å². The Kier molecular flexibility index (Phi) is 2.92. The van der Waals surface area contributed by atoms with Gasteiger partial charge in [0, 0.05) is 10.9 Å². The Morgan fingerprint density at radius 2 is 2.31 bits per heavy atom. The molecule has 1 saturated carbocycles. The van der Waals surface area contributed by atoms with Gasteiger partial charge < -0.3 is 5.73 Å². The highest BCUT2D eigenvalue weighted by Gasteiger charge is 2.23. The fraction of sp³-hybridized carbons (Fsp3) is 0.600. The fourth-order valence-corrected chi connectivity index (χ4v) is 3.43. The van der Waals surface area contributed by atoms with Gasteiger partial charge >= 0.3 is 0 Å². The van der Waals surface area contributed by atoms with E-state index in [-0.39, 0.29) is 0 Å². The monoisotopic (exact) mass is 215 g/mol. The molecule has 1 nitrogen and oxygen atoms in total. The van der Waals surface area contributed by atoms with Crippen molar-refractivity contribution in [2.75, 3.05) is 0 Å². The van der Waals surface area contributed by atoms with Crippen LogP contribution in [0.2, 0.25) is 5.02 Å². The van der Waals surface area contributed by atoms with E-state index in [2.05, 4.69) is 5.38 Å². The highest BCUT2D eigenvalue weighted by molar-refractivity contribution is 7.10. The van der Waals surface area contributed by atoms with E-state index in [1.807, 2.05) is 6.07 Å². The topological polar surface area (TPSA) is 26.0 Å². The second-order valence-electron chi connectivity index (χ2n) is 3.76. The maximum Gasteiger partial charge on any atom is 0.0547 e. The van der Waals surface area contributed by atoms with Crippen molar-refractivity contribution >= 4 is 22.9 Å². The van der Waals surface area contributed by atoms with E-state index in [9.17, 15) is 0 Å². The summed E-state index contributed by atoms with van der Waals surface area (Å²) in [6, 6.07) is 2.37. The minimum Gasteiger partial charge on any atom is -0.328 e. The standard InChI is InChI=1S/C10H14ClNS/c11-9-4-5-13-10(9)7-2-1-3-8(12)6-7/h4-5,7-8H,1-3,6,12H2. The van der Waals surface area contributed by atoms with Crippen LogP contribution in [0, 0.1) is 0 Å². The van der Waals surface area contributed by atoms with E-state index in [0.717, 1.165) is 11.4 Å². The van der Waals surface area contributed by atoms with E-state index in [1.54, 1.807) is 11.3 Å². The number of nitrogens with two attached hydrogens (primary N) is 1. The van der Waals surface area contributed by atoms with E-state index >= 15 is 0 Å². The molecule has 0 saturated heterocycles. The van der Waals surface area contributed by atoms with Crippen LogP contribution in [-0.2, 0) is 0 Å². The Morgan fingerprint density at radius 3 is 2.92 bits per heavy atom. The normalized spacial score (nSPS) is 29.1. The van der Waals surface area contributed by atoms with Gasteiger partial charge in [0.1, 0.15) is 0 Å². The lowest BCUT2D eigenvalue weighted by molar-refractivity contribution is 0.397. The van der Waals surface area contributed by atoms with Crippen LogP contribution in [0.4, 0.5) is 0 Å². The molecule has 0 aliphatic heterocycles. The van der Waals surface area contributed by atoms with Gasteiger partial charge in [-0.1, -0.05) is 18.0 Å². The molecule has 2 rings (SSSR count). The molecular formula is C10H14ClNS. The summed E-state index contributed by atoms with van der Waals surface area (Å²) in [5, 5.41) is 3.00. The molecule has 2 atom stereocenters. The lowest BCUT2D eigenvalue weighted by Gasteiger charge is -2.25. The number of hydrogen-bond acceptors (Lipinski definition) is 2. The van der Waals surface area contributed by atoms with Gasteiger partial charge in [-0.25, -0.2) is 0 Å². The molecule has 1 aliphatic rings.